The maximum Gasteiger partial charge on any atom is 0.0160 e. The molecule has 2 aliphatic carbocycles. The first-order valence-electron chi connectivity index (χ1n) is 4.85. The number of nitrogens with two attached hydrogens (primary N) is 1. The second-order valence-electron chi connectivity index (χ2n) is 5.06. The summed E-state index contributed by atoms with van der Waals surface area (Å²) in [6.45, 7) is 4.72. The van der Waals surface area contributed by atoms with E-state index in [0.717, 1.165) is 5.92 Å². The summed E-state index contributed by atoms with van der Waals surface area (Å²) in [6, 6.07) is 0. The SMILES string of the molecule is CC(C)C12CCC(N)(CC1)C2. The zero-order chi connectivity index (χ0) is 8.11. The molecule has 0 aromatic heterocycles. The summed E-state index contributed by atoms with van der Waals surface area (Å²) >= 11 is 0. The molecule has 11 heavy (non-hydrogen) atoms. The van der Waals surface area contributed by atoms with Gasteiger partial charge in [-0.25, -0.2) is 0 Å². The lowest BCUT2D eigenvalue weighted by atomic mass is 9.75. The fraction of sp³-hybridized carbons (Fsp3) is 1.00. The van der Waals surface area contributed by atoms with Gasteiger partial charge in [-0.1, -0.05) is 13.8 Å². The normalized spacial score (nSPS) is 49.1. The van der Waals surface area contributed by atoms with Crippen molar-refractivity contribution in [3.8, 4) is 0 Å². The van der Waals surface area contributed by atoms with Gasteiger partial charge in [-0.2, -0.15) is 0 Å². The molecule has 2 bridgehead atoms. The second-order valence-corrected chi connectivity index (χ2v) is 5.06. The molecule has 0 spiro atoms. The van der Waals surface area contributed by atoms with Crippen molar-refractivity contribution in [2.45, 2.75) is 51.5 Å². The van der Waals surface area contributed by atoms with Crippen molar-refractivity contribution in [2.24, 2.45) is 17.1 Å². The van der Waals surface area contributed by atoms with E-state index in [9.17, 15) is 0 Å². The Morgan fingerprint density at radius 3 is 1.82 bits per heavy atom. The first-order valence-corrected chi connectivity index (χ1v) is 4.85. The number of fused-ring (bicyclic) bond motifs is 2. The van der Waals surface area contributed by atoms with Crippen molar-refractivity contribution in [3.05, 3.63) is 0 Å². The van der Waals surface area contributed by atoms with Crippen molar-refractivity contribution in [1.82, 2.24) is 0 Å². The molecule has 0 aromatic rings. The zero-order valence-corrected chi connectivity index (χ0v) is 7.69. The summed E-state index contributed by atoms with van der Waals surface area (Å²) in [5, 5.41) is 0. The lowest BCUT2D eigenvalue weighted by molar-refractivity contribution is 0.199. The van der Waals surface area contributed by atoms with Crippen LogP contribution in [0.1, 0.15) is 46.0 Å². The van der Waals surface area contributed by atoms with Gasteiger partial charge in [0.1, 0.15) is 0 Å². The molecule has 2 saturated carbocycles. The van der Waals surface area contributed by atoms with Crippen LogP contribution < -0.4 is 5.73 Å². The van der Waals surface area contributed by atoms with Crippen LogP contribution in [-0.4, -0.2) is 5.54 Å². The molecule has 0 saturated heterocycles. The Labute approximate surface area is 69.4 Å². The molecule has 0 heterocycles. The van der Waals surface area contributed by atoms with Crippen LogP contribution in [0.25, 0.3) is 0 Å². The Morgan fingerprint density at radius 2 is 1.64 bits per heavy atom. The fourth-order valence-corrected chi connectivity index (χ4v) is 3.08. The molecule has 64 valence electrons. The Kier molecular flexibility index (Phi) is 1.39. The highest BCUT2D eigenvalue weighted by molar-refractivity contribution is 5.08. The molecule has 2 rings (SSSR count). The summed E-state index contributed by atoms with van der Waals surface area (Å²) in [7, 11) is 0. The maximum atomic E-state index is 6.22. The van der Waals surface area contributed by atoms with E-state index < -0.39 is 0 Å². The Balaban J connectivity index is 2.20. The third-order valence-corrected chi connectivity index (χ3v) is 4.17. The van der Waals surface area contributed by atoms with Gasteiger partial charge in [0.25, 0.3) is 0 Å². The number of hydrogen-bond acceptors (Lipinski definition) is 1. The van der Waals surface area contributed by atoms with Crippen LogP contribution in [0, 0.1) is 11.3 Å². The van der Waals surface area contributed by atoms with Crippen LogP contribution in [0.3, 0.4) is 0 Å². The molecule has 1 nitrogen and oxygen atoms in total. The maximum absolute atomic E-state index is 6.22. The first-order chi connectivity index (χ1) is 5.06. The van der Waals surface area contributed by atoms with Crippen molar-refractivity contribution >= 4 is 0 Å². The summed E-state index contributed by atoms with van der Waals surface area (Å²) < 4.78 is 0. The molecule has 0 radical (unpaired) electrons. The minimum absolute atomic E-state index is 0.254. The van der Waals surface area contributed by atoms with Gasteiger partial charge in [0.05, 0.1) is 0 Å². The Bertz CT molecular complexity index is 164. The average molecular weight is 153 g/mol. The van der Waals surface area contributed by atoms with Gasteiger partial charge in [0, 0.05) is 5.54 Å². The predicted octanol–water partition coefficient (Wildman–Crippen LogP) is 2.30. The van der Waals surface area contributed by atoms with Gasteiger partial charge in [0.2, 0.25) is 0 Å². The minimum atomic E-state index is 0.254. The van der Waals surface area contributed by atoms with Crippen LogP contribution in [0.15, 0.2) is 0 Å². The van der Waals surface area contributed by atoms with Crippen molar-refractivity contribution in [3.63, 3.8) is 0 Å². The zero-order valence-electron chi connectivity index (χ0n) is 7.69. The van der Waals surface area contributed by atoms with E-state index in [0.29, 0.717) is 5.41 Å². The molecular formula is C10H19N. The molecule has 0 unspecified atom stereocenters. The number of hydrogen-bond donors (Lipinski definition) is 1. The molecule has 0 aliphatic heterocycles. The summed E-state index contributed by atoms with van der Waals surface area (Å²) in [4.78, 5) is 0. The molecular weight excluding hydrogens is 134 g/mol. The van der Waals surface area contributed by atoms with Gasteiger partial charge in [-0.3, -0.25) is 0 Å². The van der Waals surface area contributed by atoms with E-state index in [-0.39, 0.29) is 5.54 Å². The average Bonchev–Trinajstić information content (AvgIpc) is 2.42. The summed E-state index contributed by atoms with van der Waals surface area (Å²) in [5.74, 6) is 0.843. The van der Waals surface area contributed by atoms with Crippen LogP contribution in [-0.2, 0) is 0 Å². The van der Waals surface area contributed by atoms with Gasteiger partial charge in [0.15, 0.2) is 0 Å². The molecule has 2 fully saturated rings. The van der Waals surface area contributed by atoms with E-state index in [1.807, 2.05) is 0 Å². The molecule has 0 atom stereocenters. The third-order valence-electron chi connectivity index (χ3n) is 4.17. The van der Waals surface area contributed by atoms with Crippen molar-refractivity contribution in [2.75, 3.05) is 0 Å². The largest absolute Gasteiger partial charge is 0.325 e. The van der Waals surface area contributed by atoms with Crippen LogP contribution in [0.4, 0.5) is 0 Å². The van der Waals surface area contributed by atoms with E-state index in [4.69, 9.17) is 5.73 Å². The van der Waals surface area contributed by atoms with Crippen molar-refractivity contribution < 1.29 is 0 Å². The highest BCUT2D eigenvalue weighted by Gasteiger charge is 2.53. The molecule has 0 amide bonds. The highest BCUT2D eigenvalue weighted by Crippen LogP contribution is 2.58. The Hall–Kier alpha value is -0.0400. The predicted molar refractivity (Wildman–Crippen MR) is 47.3 cm³/mol. The topological polar surface area (TPSA) is 26.0 Å². The van der Waals surface area contributed by atoms with E-state index in [1.165, 1.54) is 32.1 Å². The van der Waals surface area contributed by atoms with E-state index in [2.05, 4.69) is 13.8 Å². The van der Waals surface area contributed by atoms with Gasteiger partial charge < -0.3 is 5.73 Å². The minimum Gasteiger partial charge on any atom is -0.325 e. The van der Waals surface area contributed by atoms with Crippen molar-refractivity contribution in [1.29, 1.82) is 0 Å². The lowest BCUT2D eigenvalue weighted by Gasteiger charge is -2.30. The third kappa shape index (κ3) is 0.936. The summed E-state index contributed by atoms with van der Waals surface area (Å²) in [5.41, 5.74) is 7.12. The van der Waals surface area contributed by atoms with Crippen LogP contribution in [0.5, 0.6) is 0 Å². The van der Waals surface area contributed by atoms with Gasteiger partial charge in [-0.15, -0.1) is 0 Å². The smallest absolute Gasteiger partial charge is 0.0160 e. The monoisotopic (exact) mass is 153 g/mol. The van der Waals surface area contributed by atoms with Gasteiger partial charge in [-0.05, 0) is 43.4 Å². The van der Waals surface area contributed by atoms with Crippen LogP contribution in [0.2, 0.25) is 0 Å². The highest BCUT2D eigenvalue weighted by atomic mass is 14.8. The second kappa shape index (κ2) is 2.01. The van der Waals surface area contributed by atoms with E-state index in [1.54, 1.807) is 0 Å². The molecule has 2 N–H and O–H groups in total. The Morgan fingerprint density at radius 1 is 1.09 bits per heavy atom. The quantitative estimate of drug-likeness (QED) is 0.614. The number of rotatable bonds is 1. The molecule has 1 heteroatoms. The van der Waals surface area contributed by atoms with Crippen LogP contribution >= 0.6 is 0 Å². The van der Waals surface area contributed by atoms with E-state index >= 15 is 0 Å². The fourth-order valence-electron chi connectivity index (χ4n) is 3.08. The van der Waals surface area contributed by atoms with Gasteiger partial charge >= 0.3 is 0 Å². The molecule has 2 aliphatic rings. The standard InChI is InChI=1S/C10H19N/c1-8(2)9-3-5-10(11,7-9)6-4-9/h8H,3-7,11H2,1-2H3. The summed E-state index contributed by atoms with van der Waals surface area (Å²) in [6.07, 6.45) is 6.65. The lowest BCUT2D eigenvalue weighted by Crippen LogP contribution is -2.33. The molecule has 0 aromatic carbocycles. The first kappa shape index (κ1) is 7.60.